The van der Waals surface area contributed by atoms with E-state index in [4.69, 9.17) is 17.3 Å². The molecule has 88 valence electrons. The second kappa shape index (κ2) is 5.11. The maximum Gasteiger partial charge on any atom is 0.0742 e. The molecule has 2 rings (SSSR count). The molecule has 0 radical (unpaired) electrons. The van der Waals surface area contributed by atoms with Crippen LogP contribution in [0.25, 0.3) is 0 Å². The van der Waals surface area contributed by atoms with Crippen molar-refractivity contribution in [2.45, 2.75) is 13.3 Å². The standard InChI is InChI=1S/C14H15ClN2/c1-2-10-6-3-4-8-12(10)17-13-9-5-7-11(15)14(13)16/h3-9,17H,2,16H2,1H3. The first kappa shape index (κ1) is 11.8. The van der Waals surface area contributed by atoms with Crippen molar-refractivity contribution >= 4 is 28.7 Å². The quantitative estimate of drug-likeness (QED) is 0.796. The van der Waals surface area contributed by atoms with Gasteiger partial charge in [0.05, 0.1) is 16.4 Å². The number of nitrogens with one attached hydrogen (secondary N) is 1. The second-order valence-electron chi connectivity index (χ2n) is 3.84. The minimum atomic E-state index is 0.573. The van der Waals surface area contributed by atoms with E-state index in [0.717, 1.165) is 17.8 Å². The summed E-state index contributed by atoms with van der Waals surface area (Å²) in [6.07, 6.45) is 0.976. The monoisotopic (exact) mass is 246 g/mol. The lowest BCUT2D eigenvalue weighted by Crippen LogP contribution is -1.99. The molecule has 0 amide bonds. The Hall–Kier alpha value is -1.67. The predicted molar refractivity (Wildman–Crippen MR) is 75.0 cm³/mol. The molecule has 3 N–H and O–H groups in total. The van der Waals surface area contributed by atoms with Gasteiger partial charge >= 0.3 is 0 Å². The maximum atomic E-state index is 5.99. The van der Waals surface area contributed by atoms with Gasteiger partial charge in [0, 0.05) is 5.69 Å². The average molecular weight is 247 g/mol. The fourth-order valence-electron chi connectivity index (χ4n) is 1.74. The van der Waals surface area contributed by atoms with Crippen LogP contribution < -0.4 is 11.1 Å². The van der Waals surface area contributed by atoms with Gasteiger partial charge < -0.3 is 11.1 Å². The molecule has 0 spiro atoms. The van der Waals surface area contributed by atoms with Gasteiger partial charge in [-0.25, -0.2) is 0 Å². The summed E-state index contributed by atoms with van der Waals surface area (Å²) in [7, 11) is 0. The van der Waals surface area contributed by atoms with Crippen molar-refractivity contribution < 1.29 is 0 Å². The second-order valence-corrected chi connectivity index (χ2v) is 4.24. The first-order valence-corrected chi connectivity index (χ1v) is 5.99. The van der Waals surface area contributed by atoms with Crippen LogP contribution in [0.3, 0.4) is 0 Å². The zero-order valence-electron chi connectivity index (χ0n) is 9.70. The molecule has 2 aromatic carbocycles. The van der Waals surface area contributed by atoms with E-state index in [1.807, 2.05) is 30.3 Å². The third-order valence-electron chi connectivity index (χ3n) is 2.72. The van der Waals surface area contributed by atoms with Crippen molar-refractivity contribution in [3.8, 4) is 0 Å². The van der Waals surface area contributed by atoms with E-state index in [0.29, 0.717) is 10.7 Å². The highest BCUT2D eigenvalue weighted by molar-refractivity contribution is 6.33. The maximum absolute atomic E-state index is 5.99. The summed E-state index contributed by atoms with van der Waals surface area (Å²) in [5, 5.41) is 3.90. The van der Waals surface area contributed by atoms with Crippen LogP contribution in [0.4, 0.5) is 17.1 Å². The molecule has 2 aromatic rings. The van der Waals surface area contributed by atoms with E-state index in [1.165, 1.54) is 5.56 Å². The molecule has 0 saturated carbocycles. The summed E-state index contributed by atoms with van der Waals surface area (Å²) in [4.78, 5) is 0. The van der Waals surface area contributed by atoms with Crippen LogP contribution >= 0.6 is 11.6 Å². The normalized spacial score (nSPS) is 10.2. The van der Waals surface area contributed by atoms with Crippen LogP contribution in [-0.4, -0.2) is 0 Å². The number of nitrogen functional groups attached to an aromatic ring is 1. The summed E-state index contributed by atoms with van der Waals surface area (Å²) >= 11 is 5.99. The number of anilines is 3. The molecule has 0 aliphatic carbocycles. The van der Waals surface area contributed by atoms with Gasteiger partial charge in [0.1, 0.15) is 0 Å². The van der Waals surface area contributed by atoms with Gasteiger partial charge in [0.25, 0.3) is 0 Å². The summed E-state index contributed by atoms with van der Waals surface area (Å²) in [5.74, 6) is 0. The molecule has 3 heteroatoms. The first-order valence-electron chi connectivity index (χ1n) is 5.61. The van der Waals surface area contributed by atoms with E-state index in [-0.39, 0.29) is 0 Å². The van der Waals surface area contributed by atoms with Gasteiger partial charge in [-0.05, 0) is 30.2 Å². The highest BCUT2D eigenvalue weighted by Crippen LogP contribution is 2.30. The van der Waals surface area contributed by atoms with Crippen molar-refractivity contribution in [2.24, 2.45) is 0 Å². The Labute approximate surface area is 106 Å². The van der Waals surface area contributed by atoms with Crippen molar-refractivity contribution in [2.75, 3.05) is 11.1 Å². The van der Waals surface area contributed by atoms with Gasteiger partial charge in [-0.2, -0.15) is 0 Å². The molecular formula is C14H15ClN2. The van der Waals surface area contributed by atoms with Gasteiger partial charge in [-0.15, -0.1) is 0 Å². The number of para-hydroxylation sites is 2. The zero-order chi connectivity index (χ0) is 12.3. The summed E-state index contributed by atoms with van der Waals surface area (Å²) < 4.78 is 0. The highest BCUT2D eigenvalue weighted by Gasteiger charge is 2.05. The fourth-order valence-corrected chi connectivity index (χ4v) is 1.92. The van der Waals surface area contributed by atoms with E-state index >= 15 is 0 Å². The van der Waals surface area contributed by atoms with Crippen molar-refractivity contribution in [1.29, 1.82) is 0 Å². The first-order chi connectivity index (χ1) is 8.22. The van der Waals surface area contributed by atoms with E-state index in [2.05, 4.69) is 18.3 Å². The Morgan fingerprint density at radius 1 is 1.06 bits per heavy atom. The third kappa shape index (κ3) is 2.53. The Morgan fingerprint density at radius 3 is 2.53 bits per heavy atom. The van der Waals surface area contributed by atoms with E-state index in [1.54, 1.807) is 6.07 Å². The molecule has 0 heterocycles. The highest BCUT2D eigenvalue weighted by atomic mass is 35.5. The van der Waals surface area contributed by atoms with Crippen LogP contribution in [0.5, 0.6) is 0 Å². The topological polar surface area (TPSA) is 38.0 Å². The lowest BCUT2D eigenvalue weighted by molar-refractivity contribution is 1.14. The largest absolute Gasteiger partial charge is 0.396 e. The van der Waals surface area contributed by atoms with Gasteiger partial charge in [0.2, 0.25) is 0 Å². The van der Waals surface area contributed by atoms with Gasteiger partial charge in [-0.1, -0.05) is 42.8 Å². The predicted octanol–water partition coefficient (Wildman–Crippen LogP) is 4.23. The number of benzene rings is 2. The Morgan fingerprint density at radius 2 is 1.76 bits per heavy atom. The number of hydrogen-bond acceptors (Lipinski definition) is 2. The molecule has 0 fully saturated rings. The lowest BCUT2D eigenvalue weighted by atomic mass is 10.1. The van der Waals surface area contributed by atoms with Crippen LogP contribution in [0, 0.1) is 0 Å². The van der Waals surface area contributed by atoms with Crippen molar-refractivity contribution in [3.63, 3.8) is 0 Å². The SMILES string of the molecule is CCc1ccccc1Nc1cccc(Cl)c1N. The smallest absolute Gasteiger partial charge is 0.0742 e. The average Bonchev–Trinajstić information content (AvgIpc) is 2.35. The number of aryl methyl sites for hydroxylation is 1. The summed E-state index contributed by atoms with van der Waals surface area (Å²) in [6, 6.07) is 13.8. The third-order valence-corrected chi connectivity index (χ3v) is 3.05. The fraction of sp³-hybridized carbons (Fsp3) is 0.143. The molecule has 0 atom stereocenters. The molecule has 0 saturated heterocycles. The van der Waals surface area contributed by atoms with Crippen LogP contribution in [0.1, 0.15) is 12.5 Å². The van der Waals surface area contributed by atoms with Gasteiger partial charge in [-0.3, -0.25) is 0 Å². The summed E-state index contributed by atoms with van der Waals surface area (Å²) in [5.41, 5.74) is 9.69. The van der Waals surface area contributed by atoms with Crippen molar-refractivity contribution in [3.05, 3.63) is 53.1 Å². The molecule has 0 unspecified atom stereocenters. The van der Waals surface area contributed by atoms with E-state index in [9.17, 15) is 0 Å². The molecule has 17 heavy (non-hydrogen) atoms. The minimum absolute atomic E-state index is 0.573. The van der Waals surface area contributed by atoms with E-state index < -0.39 is 0 Å². The molecule has 0 aliphatic rings. The zero-order valence-corrected chi connectivity index (χ0v) is 10.5. The van der Waals surface area contributed by atoms with Gasteiger partial charge in [0.15, 0.2) is 0 Å². The van der Waals surface area contributed by atoms with Crippen LogP contribution in [0.2, 0.25) is 5.02 Å². The molecular weight excluding hydrogens is 232 g/mol. The molecule has 0 aliphatic heterocycles. The Kier molecular flexibility index (Phi) is 3.55. The number of halogens is 1. The minimum Gasteiger partial charge on any atom is -0.396 e. The summed E-state index contributed by atoms with van der Waals surface area (Å²) in [6.45, 7) is 2.13. The Balaban J connectivity index is 2.35. The molecule has 0 aromatic heterocycles. The molecule has 2 nitrogen and oxygen atoms in total. The number of hydrogen-bond donors (Lipinski definition) is 2. The van der Waals surface area contributed by atoms with Crippen molar-refractivity contribution in [1.82, 2.24) is 0 Å². The Bertz CT molecular complexity index is 523. The number of rotatable bonds is 3. The number of nitrogens with two attached hydrogens (primary N) is 1. The van der Waals surface area contributed by atoms with Crippen LogP contribution in [0.15, 0.2) is 42.5 Å². The lowest BCUT2D eigenvalue weighted by Gasteiger charge is -2.13. The molecule has 0 bridgehead atoms. The van der Waals surface area contributed by atoms with Crippen LogP contribution in [-0.2, 0) is 6.42 Å².